The Morgan fingerprint density at radius 2 is 2.11 bits per heavy atom. The molecule has 0 aliphatic carbocycles. The molecule has 19 heavy (non-hydrogen) atoms. The van der Waals surface area contributed by atoms with Crippen LogP contribution in [0.4, 0.5) is 0 Å². The number of nitrogens with zero attached hydrogens (tertiary/aromatic N) is 1. The van der Waals surface area contributed by atoms with Crippen LogP contribution in [0, 0.1) is 5.41 Å². The van der Waals surface area contributed by atoms with Crippen LogP contribution < -0.4 is 5.32 Å². The highest BCUT2D eigenvalue weighted by Gasteiger charge is 2.43. The van der Waals surface area contributed by atoms with Crippen LogP contribution in [0.15, 0.2) is 0 Å². The van der Waals surface area contributed by atoms with Crippen LogP contribution in [-0.4, -0.2) is 47.6 Å². The molecular weight excluding hydrogens is 244 g/mol. The van der Waals surface area contributed by atoms with Crippen molar-refractivity contribution in [2.24, 2.45) is 5.41 Å². The van der Waals surface area contributed by atoms with Gasteiger partial charge >= 0.3 is 5.97 Å². The van der Waals surface area contributed by atoms with Gasteiger partial charge in [0.2, 0.25) is 5.91 Å². The van der Waals surface area contributed by atoms with Crippen molar-refractivity contribution in [2.75, 3.05) is 19.6 Å². The minimum atomic E-state index is -0.691. The lowest BCUT2D eigenvalue weighted by Crippen LogP contribution is -2.37. The summed E-state index contributed by atoms with van der Waals surface area (Å²) < 4.78 is 0. The van der Waals surface area contributed by atoms with E-state index in [0.717, 1.165) is 19.4 Å². The van der Waals surface area contributed by atoms with Crippen molar-refractivity contribution in [1.29, 1.82) is 0 Å². The van der Waals surface area contributed by atoms with Gasteiger partial charge in [-0.05, 0) is 33.2 Å². The Hall–Kier alpha value is -1.10. The maximum absolute atomic E-state index is 11.6. The van der Waals surface area contributed by atoms with E-state index in [1.54, 1.807) is 0 Å². The summed E-state index contributed by atoms with van der Waals surface area (Å²) in [6.07, 6.45) is 2.74. The monoisotopic (exact) mass is 270 g/mol. The molecule has 1 aliphatic rings. The average Bonchev–Trinajstić information content (AvgIpc) is 2.71. The molecule has 0 spiro atoms. The molecule has 2 N–H and O–H groups in total. The molecule has 1 unspecified atom stereocenters. The number of carbonyl (C=O) groups excluding carboxylic acids is 1. The molecule has 0 aromatic heterocycles. The van der Waals surface area contributed by atoms with E-state index in [1.807, 2.05) is 20.8 Å². The summed E-state index contributed by atoms with van der Waals surface area (Å²) in [5.41, 5.74) is -0.594. The molecule has 5 heteroatoms. The number of aliphatic carboxylic acids is 1. The summed E-state index contributed by atoms with van der Waals surface area (Å²) >= 11 is 0. The number of carboxylic acids is 1. The number of likely N-dealkylation sites (tertiary alicyclic amines) is 1. The van der Waals surface area contributed by atoms with Crippen LogP contribution in [0.2, 0.25) is 0 Å². The molecule has 5 nitrogen and oxygen atoms in total. The van der Waals surface area contributed by atoms with Crippen molar-refractivity contribution >= 4 is 11.9 Å². The van der Waals surface area contributed by atoms with Crippen molar-refractivity contribution in [3.63, 3.8) is 0 Å². The van der Waals surface area contributed by atoms with Crippen LogP contribution in [0.1, 0.15) is 46.5 Å². The second kappa shape index (κ2) is 6.89. The van der Waals surface area contributed by atoms with Crippen LogP contribution in [-0.2, 0) is 9.59 Å². The quantitative estimate of drug-likeness (QED) is 0.735. The van der Waals surface area contributed by atoms with E-state index in [0.29, 0.717) is 25.9 Å². The number of amides is 1. The summed E-state index contributed by atoms with van der Waals surface area (Å²) in [6, 6.07) is 0.157. The average molecular weight is 270 g/mol. The smallest absolute Gasteiger partial charge is 0.310 e. The minimum Gasteiger partial charge on any atom is -0.481 e. The molecular formula is C14H26N2O3. The van der Waals surface area contributed by atoms with Gasteiger partial charge in [-0.2, -0.15) is 0 Å². The van der Waals surface area contributed by atoms with Crippen molar-refractivity contribution < 1.29 is 14.7 Å². The second-order valence-electron chi connectivity index (χ2n) is 5.83. The second-order valence-corrected chi connectivity index (χ2v) is 5.83. The normalized spacial score (nSPS) is 23.8. The Kier molecular flexibility index (Phi) is 5.79. The molecule has 110 valence electrons. The first-order valence-corrected chi connectivity index (χ1v) is 7.15. The fraction of sp³-hybridized carbons (Fsp3) is 0.857. The zero-order valence-electron chi connectivity index (χ0n) is 12.2. The Morgan fingerprint density at radius 3 is 2.63 bits per heavy atom. The topological polar surface area (TPSA) is 69.6 Å². The minimum absolute atomic E-state index is 0.0401. The molecule has 1 amide bonds. The molecule has 1 aliphatic heterocycles. The number of hydrogen-bond donors (Lipinski definition) is 2. The number of nitrogens with one attached hydrogen (secondary N) is 1. The first kappa shape index (κ1) is 16.0. The Balaban J connectivity index is 2.43. The molecule has 0 saturated carbocycles. The zero-order chi connectivity index (χ0) is 14.5. The fourth-order valence-electron chi connectivity index (χ4n) is 2.77. The van der Waals surface area contributed by atoms with Gasteiger partial charge in [-0.15, -0.1) is 0 Å². The van der Waals surface area contributed by atoms with Gasteiger partial charge in [0.25, 0.3) is 0 Å². The van der Waals surface area contributed by atoms with Gasteiger partial charge in [-0.3, -0.25) is 9.59 Å². The highest BCUT2D eigenvalue weighted by atomic mass is 16.4. The lowest BCUT2D eigenvalue weighted by molar-refractivity contribution is -0.148. The predicted octanol–water partition coefficient (Wildman–Crippen LogP) is 1.48. The number of carbonyl (C=O) groups is 2. The molecule has 0 radical (unpaired) electrons. The van der Waals surface area contributed by atoms with Crippen LogP contribution in [0.25, 0.3) is 0 Å². The van der Waals surface area contributed by atoms with Crippen molar-refractivity contribution in [2.45, 2.75) is 52.5 Å². The summed E-state index contributed by atoms with van der Waals surface area (Å²) in [6.45, 7) is 7.89. The highest BCUT2D eigenvalue weighted by Crippen LogP contribution is 2.35. The zero-order valence-corrected chi connectivity index (χ0v) is 12.2. The summed E-state index contributed by atoms with van der Waals surface area (Å²) in [4.78, 5) is 25.1. The van der Waals surface area contributed by atoms with Crippen LogP contribution >= 0.6 is 0 Å². The van der Waals surface area contributed by atoms with Gasteiger partial charge in [-0.25, -0.2) is 0 Å². The van der Waals surface area contributed by atoms with E-state index in [9.17, 15) is 14.7 Å². The Bertz CT molecular complexity index is 331. The number of carboxylic acid groups (broad SMARTS) is 1. The molecule has 1 saturated heterocycles. The number of hydrogen-bond acceptors (Lipinski definition) is 3. The molecule has 1 fully saturated rings. The van der Waals surface area contributed by atoms with Gasteiger partial charge in [0.1, 0.15) is 0 Å². The maximum Gasteiger partial charge on any atom is 0.310 e. The van der Waals surface area contributed by atoms with Gasteiger partial charge in [-0.1, -0.05) is 13.3 Å². The molecule has 1 atom stereocenters. The van der Waals surface area contributed by atoms with Crippen molar-refractivity contribution in [3.05, 3.63) is 0 Å². The van der Waals surface area contributed by atoms with Gasteiger partial charge < -0.3 is 15.3 Å². The van der Waals surface area contributed by atoms with E-state index in [1.165, 1.54) is 0 Å². The molecule has 0 aromatic carbocycles. The standard InChI is InChI=1S/C14H26N2O3/c1-4-6-14(13(18)19)7-9-16(10-14)8-5-12(17)15-11(2)3/h11H,4-10H2,1-3H3,(H,15,17)(H,18,19). The molecule has 1 rings (SSSR count). The molecule has 1 heterocycles. The van der Waals surface area contributed by atoms with E-state index in [-0.39, 0.29) is 11.9 Å². The predicted molar refractivity (Wildman–Crippen MR) is 73.9 cm³/mol. The summed E-state index contributed by atoms with van der Waals surface area (Å²) in [5.74, 6) is -0.651. The third kappa shape index (κ3) is 4.49. The largest absolute Gasteiger partial charge is 0.481 e. The Labute approximate surface area is 115 Å². The third-order valence-electron chi connectivity index (χ3n) is 3.72. The Morgan fingerprint density at radius 1 is 1.42 bits per heavy atom. The SMILES string of the molecule is CCCC1(C(=O)O)CCN(CCC(=O)NC(C)C)C1. The van der Waals surface area contributed by atoms with Gasteiger partial charge in [0, 0.05) is 25.6 Å². The first-order chi connectivity index (χ1) is 8.89. The van der Waals surface area contributed by atoms with E-state index >= 15 is 0 Å². The fourth-order valence-corrected chi connectivity index (χ4v) is 2.77. The van der Waals surface area contributed by atoms with Gasteiger partial charge in [0.05, 0.1) is 5.41 Å². The van der Waals surface area contributed by atoms with E-state index in [2.05, 4.69) is 10.2 Å². The van der Waals surface area contributed by atoms with Crippen molar-refractivity contribution in [1.82, 2.24) is 10.2 Å². The molecule has 0 bridgehead atoms. The maximum atomic E-state index is 11.6. The van der Waals surface area contributed by atoms with E-state index in [4.69, 9.17) is 0 Å². The summed E-state index contributed by atoms with van der Waals surface area (Å²) in [7, 11) is 0. The van der Waals surface area contributed by atoms with Crippen LogP contribution in [0.3, 0.4) is 0 Å². The van der Waals surface area contributed by atoms with E-state index < -0.39 is 11.4 Å². The lowest BCUT2D eigenvalue weighted by atomic mass is 9.83. The lowest BCUT2D eigenvalue weighted by Gasteiger charge is -2.24. The highest BCUT2D eigenvalue weighted by molar-refractivity contribution is 5.76. The third-order valence-corrected chi connectivity index (χ3v) is 3.72. The first-order valence-electron chi connectivity index (χ1n) is 7.15. The molecule has 0 aromatic rings. The van der Waals surface area contributed by atoms with Crippen LogP contribution in [0.5, 0.6) is 0 Å². The van der Waals surface area contributed by atoms with Gasteiger partial charge in [0.15, 0.2) is 0 Å². The summed E-state index contributed by atoms with van der Waals surface area (Å²) in [5, 5.41) is 12.3. The number of rotatable bonds is 7. The van der Waals surface area contributed by atoms with Crippen molar-refractivity contribution in [3.8, 4) is 0 Å².